The molecule has 0 fully saturated rings. The van der Waals surface area contributed by atoms with Gasteiger partial charge in [0.15, 0.2) is 0 Å². The van der Waals surface area contributed by atoms with Crippen LogP contribution in [0.3, 0.4) is 0 Å². The number of benzene rings is 3. The fraction of sp³-hybridized carbons (Fsp3) is 0. The van der Waals surface area contributed by atoms with Crippen molar-refractivity contribution in [2.24, 2.45) is 4.99 Å². The Labute approximate surface area is 181 Å². The molecule has 4 rings (SSSR count). The highest BCUT2D eigenvalue weighted by molar-refractivity contribution is 6.36. The van der Waals surface area contributed by atoms with Crippen LogP contribution < -0.4 is 4.90 Å². The lowest BCUT2D eigenvalue weighted by molar-refractivity contribution is -0.113. The van der Waals surface area contributed by atoms with E-state index in [1.54, 1.807) is 60.7 Å². The zero-order chi connectivity index (χ0) is 20.5. The molecule has 0 unspecified atom stereocenters. The van der Waals surface area contributed by atoms with Gasteiger partial charge < -0.3 is 0 Å². The topological polar surface area (TPSA) is 32.7 Å². The van der Waals surface area contributed by atoms with Crippen LogP contribution in [0.1, 0.15) is 11.1 Å². The summed E-state index contributed by atoms with van der Waals surface area (Å²) < 4.78 is 13.4. The second-order valence-electron chi connectivity index (χ2n) is 6.25. The summed E-state index contributed by atoms with van der Waals surface area (Å²) in [5, 5.41) is 1.44. The molecule has 0 saturated heterocycles. The third-order valence-electron chi connectivity index (χ3n) is 4.30. The lowest BCUT2D eigenvalue weighted by Crippen LogP contribution is -2.32. The molecule has 144 valence electrons. The molecule has 1 amide bonds. The van der Waals surface area contributed by atoms with Gasteiger partial charge in [0.2, 0.25) is 0 Å². The van der Waals surface area contributed by atoms with E-state index in [1.807, 2.05) is 0 Å². The quantitative estimate of drug-likeness (QED) is 0.417. The van der Waals surface area contributed by atoms with E-state index in [1.165, 1.54) is 17.0 Å². The van der Waals surface area contributed by atoms with Crippen LogP contribution in [-0.4, -0.2) is 11.7 Å². The second-order valence-corrected chi connectivity index (χ2v) is 7.53. The minimum absolute atomic E-state index is 0.198. The number of rotatable bonds is 3. The van der Waals surface area contributed by atoms with Gasteiger partial charge in [-0.2, -0.15) is 0 Å². The van der Waals surface area contributed by atoms with Gasteiger partial charge in [0.25, 0.3) is 5.91 Å². The zero-order valence-corrected chi connectivity index (χ0v) is 17.0. The fourth-order valence-electron chi connectivity index (χ4n) is 2.90. The molecule has 1 aliphatic rings. The van der Waals surface area contributed by atoms with Crippen molar-refractivity contribution in [3.8, 4) is 0 Å². The molecule has 3 nitrogen and oxygen atoms in total. The number of hydrogen-bond donors (Lipinski definition) is 0. The van der Waals surface area contributed by atoms with E-state index in [4.69, 9.17) is 34.8 Å². The number of aliphatic imine (C=N–C) groups is 1. The molecule has 7 heteroatoms. The van der Waals surface area contributed by atoms with Crippen molar-refractivity contribution in [1.82, 2.24) is 0 Å². The molecule has 0 saturated carbocycles. The van der Waals surface area contributed by atoms with Gasteiger partial charge in [0, 0.05) is 20.6 Å². The Balaban J connectivity index is 1.83. The van der Waals surface area contributed by atoms with Crippen LogP contribution in [0.2, 0.25) is 15.1 Å². The first-order valence-corrected chi connectivity index (χ1v) is 9.67. The van der Waals surface area contributed by atoms with E-state index in [2.05, 4.69) is 4.99 Å². The number of amidine groups is 1. The van der Waals surface area contributed by atoms with E-state index < -0.39 is 0 Å². The number of amides is 1. The molecule has 0 N–H and O–H groups in total. The zero-order valence-electron chi connectivity index (χ0n) is 14.7. The maximum atomic E-state index is 13.4. The third kappa shape index (κ3) is 4.06. The van der Waals surface area contributed by atoms with Crippen molar-refractivity contribution in [2.75, 3.05) is 4.90 Å². The number of anilines is 1. The van der Waals surface area contributed by atoms with Crippen LogP contribution in [0.15, 0.2) is 77.4 Å². The Hall–Kier alpha value is -2.66. The van der Waals surface area contributed by atoms with E-state index in [0.29, 0.717) is 37.7 Å². The van der Waals surface area contributed by atoms with Crippen LogP contribution in [0.4, 0.5) is 10.1 Å². The van der Waals surface area contributed by atoms with Crippen LogP contribution in [0, 0.1) is 5.82 Å². The van der Waals surface area contributed by atoms with Gasteiger partial charge in [-0.3, -0.25) is 9.69 Å². The van der Waals surface area contributed by atoms with E-state index in [9.17, 15) is 9.18 Å². The van der Waals surface area contributed by atoms with Crippen molar-refractivity contribution in [2.45, 2.75) is 0 Å². The van der Waals surface area contributed by atoms with Gasteiger partial charge in [0.05, 0.1) is 5.69 Å². The number of carbonyl (C=O) groups is 1. The summed E-state index contributed by atoms with van der Waals surface area (Å²) >= 11 is 18.2. The summed E-state index contributed by atoms with van der Waals surface area (Å²) in [5.74, 6) is -0.327. The average Bonchev–Trinajstić information content (AvgIpc) is 3.01. The maximum Gasteiger partial charge on any atom is 0.282 e. The number of carbonyl (C=O) groups excluding carboxylic acids is 1. The minimum Gasteiger partial charge on any atom is -0.266 e. The monoisotopic (exact) mass is 444 g/mol. The molecule has 0 bridgehead atoms. The highest BCUT2D eigenvalue weighted by Gasteiger charge is 2.32. The molecule has 0 radical (unpaired) electrons. The van der Waals surface area contributed by atoms with Crippen LogP contribution >= 0.6 is 34.8 Å². The second kappa shape index (κ2) is 7.99. The first-order chi connectivity index (χ1) is 13.9. The predicted octanol–water partition coefficient (Wildman–Crippen LogP) is 6.62. The number of halogens is 4. The first-order valence-electron chi connectivity index (χ1n) is 8.54. The largest absolute Gasteiger partial charge is 0.282 e. The molecule has 0 spiro atoms. The van der Waals surface area contributed by atoms with Crippen LogP contribution in [0.5, 0.6) is 0 Å². The van der Waals surface area contributed by atoms with Crippen molar-refractivity contribution >= 4 is 58.3 Å². The molecule has 3 aromatic rings. The summed E-state index contributed by atoms with van der Waals surface area (Å²) in [5.41, 5.74) is 2.00. The lowest BCUT2D eigenvalue weighted by Gasteiger charge is -2.18. The molecule has 0 atom stereocenters. The molecular weight excluding hydrogens is 434 g/mol. The van der Waals surface area contributed by atoms with Gasteiger partial charge in [-0.15, -0.1) is 0 Å². The SMILES string of the molecule is O=C1/C(=C\c2ccc(Cl)cc2Cl)N=C(c2ccc(F)cc2)N1c1ccc(Cl)cc1. The van der Waals surface area contributed by atoms with Gasteiger partial charge in [-0.05, 0) is 72.3 Å². The smallest absolute Gasteiger partial charge is 0.266 e. The van der Waals surface area contributed by atoms with Gasteiger partial charge in [0.1, 0.15) is 17.3 Å². The number of nitrogens with zero attached hydrogens (tertiary/aromatic N) is 2. The molecule has 3 aromatic carbocycles. The minimum atomic E-state index is -0.375. The highest BCUT2D eigenvalue weighted by Crippen LogP contribution is 2.30. The van der Waals surface area contributed by atoms with Crippen LogP contribution in [0.25, 0.3) is 6.08 Å². The summed E-state index contributed by atoms with van der Waals surface area (Å²) in [7, 11) is 0. The van der Waals surface area contributed by atoms with Crippen molar-refractivity contribution in [1.29, 1.82) is 0 Å². The summed E-state index contributed by atoms with van der Waals surface area (Å²) in [4.78, 5) is 19.2. The van der Waals surface area contributed by atoms with Gasteiger partial charge >= 0.3 is 0 Å². The molecule has 0 aromatic heterocycles. The van der Waals surface area contributed by atoms with E-state index in [0.717, 1.165) is 0 Å². The van der Waals surface area contributed by atoms with Crippen LogP contribution in [-0.2, 0) is 4.79 Å². The number of hydrogen-bond acceptors (Lipinski definition) is 2. The third-order valence-corrected chi connectivity index (χ3v) is 5.12. The molecule has 1 aliphatic heterocycles. The standard InChI is InChI=1S/C22H12Cl3FN2O/c23-15-5-9-18(10-6-15)28-21(13-2-7-17(26)8-3-13)27-20(22(28)29)11-14-1-4-16(24)12-19(14)25/h1-12H/b20-11+. The summed E-state index contributed by atoms with van der Waals surface area (Å²) in [6, 6.07) is 17.6. The summed E-state index contributed by atoms with van der Waals surface area (Å²) in [6.07, 6.45) is 1.60. The van der Waals surface area contributed by atoms with Crippen molar-refractivity contribution in [3.05, 3.63) is 104 Å². The lowest BCUT2D eigenvalue weighted by atomic mass is 10.1. The van der Waals surface area contributed by atoms with Crippen molar-refractivity contribution < 1.29 is 9.18 Å². The Morgan fingerprint density at radius 2 is 1.52 bits per heavy atom. The van der Waals surface area contributed by atoms with E-state index >= 15 is 0 Å². The molecule has 1 heterocycles. The normalized spacial score (nSPS) is 15.2. The van der Waals surface area contributed by atoms with Gasteiger partial charge in [-0.25, -0.2) is 9.38 Å². The fourth-order valence-corrected chi connectivity index (χ4v) is 3.49. The highest BCUT2D eigenvalue weighted by atomic mass is 35.5. The average molecular weight is 446 g/mol. The first kappa shape index (κ1) is 19.6. The Morgan fingerprint density at radius 1 is 0.862 bits per heavy atom. The predicted molar refractivity (Wildman–Crippen MR) is 116 cm³/mol. The molecule has 0 aliphatic carbocycles. The van der Waals surface area contributed by atoms with Crippen molar-refractivity contribution in [3.63, 3.8) is 0 Å². The Morgan fingerprint density at radius 3 is 2.17 bits per heavy atom. The Kier molecular flexibility index (Phi) is 5.41. The maximum absolute atomic E-state index is 13.4. The van der Waals surface area contributed by atoms with Gasteiger partial charge in [-0.1, -0.05) is 40.9 Å². The molecular formula is C22H12Cl3FN2O. The Bertz CT molecular complexity index is 1160. The summed E-state index contributed by atoms with van der Waals surface area (Å²) in [6.45, 7) is 0. The molecule has 29 heavy (non-hydrogen) atoms. The van der Waals surface area contributed by atoms with E-state index in [-0.39, 0.29) is 17.4 Å².